The Balaban J connectivity index is 1.54. The van der Waals surface area contributed by atoms with E-state index >= 15 is 0 Å². The van der Waals surface area contributed by atoms with E-state index in [1.807, 2.05) is 0 Å². The molecule has 2 saturated heterocycles. The number of ether oxygens (including phenoxy) is 1. The third-order valence-electron chi connectivity index (χ3n) is 4.43. The van der Waals surface area contributed by atoms with Gasteiger partial charge in [-0.05, 0) is 39.3 Å². The van der Waals surface area contributed by atoms with Crippen LogP contribution >= 0.6 is 0 Å². The van der Waals surface area contributed by atoms with Gasteiger partial charge in [0.15, 0.2) is 0 Å². The lowest BCUT2D eigenvalue weighted by molar-refractivity contribution is 0.0148. The molecule has 0 aromatic heterocycles. The molecule has 0 radical (unpaired) electrons. The van der Waals surface area contributed by atoms with Gasteiger partial charge < -0.3 is 20.1 Å². The van der Waals surface area contributed by atoms with Gasteiger partial charge in [-0.2, -0.15) is 0 Å². The van der Waals surface area contributed by atoms with Crippen molar-refractivity contribution in [3.8, 4) is 0 Å². The molecule has 2 N–H and O–H groups in total. The van der Waals surface area contributed by atoms with Gasteiger partial charge in [-0.3, -0.25) is 4.90 Å². The molecule has 0 amide bonds. The fourth-order valence-electron chi connectivity index (χ4n) is 3.10. The maximum atomic E-state index is 10.1. The minimum Gasteiger partial charge on any atom is -0.390 e. The van der Waals surface area contributed by atoms with Crippen LogP contribution in [0.4, 0.5) is 0 Å². The van der Waals surface area contributed by atoms with E-state index in [-0.39, 0.29) is 6.10 Å². The van der Waals surface area contributed by atoms with Crippen molar-refractivity contribution < 1.29 is 9.84 Å². The lowest BCUT2D eigenvalue weighted by Gasteiger charge is -2.28. The average Bonchev–Trinajstić information content (AvgIpc) is 2.89. The number of aliphatic hydroxyl groups excluding tert-OH is 1. The van der Waals surface area contributed by atoms with Crippen LogP contribution in [-0.4, -0.2) is 86.1 Å². The predicted octanol–water partition coefficient (Wildman–Crippen LogP) is -0.000600. The second-order valence-electron chi connectivity index (χ2n) is 6.47. The van der Waals surface area contributed by atoms with Crippen molar-refractivity contribution in [1.82, 2.24) is 15.1 Å². The molecular formula is C15H31N3O2. The van der Waals surface area contributed by atoms with Crippen LogP contribution in [0.2, 0.25) is 0 Å². The number of β-amino-alcohol motifs (C(OH)–C–C–N with tert-alkyl or cyclic N) is 1. The summed E-state index contributed by atoms with van der Waals surface area (Å²) in [7, 11) is 0. The van der Waals surface area contributed by atoms with Crippen molar-refractivity contribution in [2.75, 3.05) is 59.0 Å². The van der Waals surface area contributed by atoms with Crippen molar-refractivity contribution >= 4 is 0 Å². The summed E-state index contributed by atoms with van der Waals surface area (Å²) < 4.78 is 5.32. The number of morpholine rings is 1. The molecule has 0 aliphatic carbocycles. The first kappa shape index (κ1) is 16.2. The topological polar surface area (TPSA) is 48.0 Å². The van der Waals surface area contributed by atoms with Crippen molar-refractivity contribution in [1.29, 1.82) is 0 Å². The van der Waals surface area contributed by atoms with Crippen molar-refractivity contribution in [2.24, 2.45) is 5.92 Å². The maximum absolute atomic E-state index is 10.1. The SMILES string of the molecule is CC(C)N1CCC(CNCC(O)CN2CCOCC2)C1. The summed E-state index contributed by atoms with van der Waals surface area (Å²) in [6.45, 7) is 12.9. The van der Waals surface area contributed by atoms with Gasteiger partial charge >= 0.3 is 0 Å². The van der Waals surface area contributed by atoms with Crippen LogP contribution in [0.3, 0.4) is 0 Å². The maximum Gasteiger partial charge on any atom is 0.0791 e. The van der Waals surface area contributed by atoms with Gasteiger partial charge in [0.2, 0.25) is 0 Å². The molecule has 2 heterocycles. The molecule has 5 nitrogen and oxygen atoms in total. The van der Waals surface area contributed by atoms with Gasteiger partial charge in [-0.1, -0.05) is 0 Å². The van der Waals surface area contributed by atoms with Crippen LogP contribution in [0.1, 0.15) is 20.3 Å². The molecule has 0 bridgehead atoms. The molecule has 2 aliphatic rings. The highest BCUT2D eigenvalue weighted by atomic mass is 16.5. The Kier molecular flexibility index (Phi) is 6.71. The van der Waals surface area contributed by atoms with Crippen LogP contribution in [0.15, 0.2) is 0 Å². The van der Waals surface area contributed by atoms with Gasteiger partial charge in [0.25, 0.3) is 0 Å². The molecule has 2 fully saturated rings. The monoisotopic (exact) mass is 285 g/mol. The normalized spacial score (nSPS) is 27.3. The second-order valence-corrected chi connectivity index (χ2v) is 6.47. The molecule has 0 saturated carbocycles. The first-order valence-corrected chi connectivity index (χ1v) is 8.08. The zero-order chi connectivity index (χ0) is 14.4. The molecular weight excluding hydrogens is 254 g/mol. The van der Waals surface area contributed by atoms with E-state index in [4.69, 9.17) is 4.74 Å². The average molecular weight is 285 g/mol. The molecule has 20 heavy (non-hydrogen) atoms. The number of nitrogens with zero attached hydrogens (tertiary/aromatic N) is 2. The van der Waals surface area contributed by atoms with Crippen LogP contribution in [0, 0.1) is 5.92 Å². The minimum absolute atomic E-state index is 0.268. The molecule has 2 unspecified atom stereocenters. The Morgan fingerprint density at radius 1 is 1.25 bits per heavy atom. The van der Waals surface area contributed by atoms with Gasteiger partial charge in [-0.25, -0.2) is 0 Å². The minimum atomic E-state index is -0.268. The van der Waals surface area contributed by atoms with Gasteiger partial charge in [0.1, 0.15) is 0 Å². The highest BCUT2D eigenvalue weighted by Gasteiger charge is 2.24. The van der Waals surface area contributed by atoms with Gasteiger partial charge in [-0.15, -0.1) is 0 Å². The van der Waals surface area contributed by atoms with E-state index in [0.29, 0.717) is 12.6 Å². The molecule has 118 valence electrons. The molecule has 2 rings (SSSR count). The molecule has 0 aromatic carbocycles. The zero-order valence-corrected chi connectivity index (χ0v) is 13.1. The Morgan fingerprint density at radius 2 is 2.00 bits per heavy atom. The van der Waals surface area contributed by atoms with E-state index in [2.05, 4.69) is 29.0 Å². The van der Waals surface area contributed by atoms with Crippen LogP contribution in [-0.2, 0) is 4.74 Å². The highest BCUT2D eigenvalue weighted by Crippen LogP contribution is 2.17. The lowest BCUT2D eigenvalue weighted by atomic mass is 10.1. The van der Waals surface area contributed by atoms with Crippen LogP contribution < -0.4 is 5.32 Å². The van der Waals surface area contributed by atoms with Crippen LogP contribution in [0.25, 0.3) is 0 Å². The third kappa shape index (κ3) is 5.30. The van der Waals surface area contributed by atoms with Gasteiger partial charge in [0.05, 0.1) is 19.3 Å². The quantitative estimate of drug-likeness (QED) is 0.689. The second kappa shape index (κ2) is 8.29. The number of hydrogen-bond acceptors (Lipinski definition) is 5. The van der Waals surface area contributed by atoms with Crippen molar-refractivity contribution in [2.45, 2.75) is 32.4 Å². The largest absolute Gasteiger partial charge is 0.390 e. The number of aliphatic hydroxyl groups is 1. The molecule has 5 heteroatoms. The number of likely N-dealkylation sites (tertiary alicyclic amines) is 1. The summed E-state index contributed by atoms with van der Waals surface area (Å²) in [5.74, 6) is 0.744. The van der Waals surface area contributed by atoms with E-state index < -0.39 is 0 Å². The molecule has 0 spiro atoms. The number of rotatable bonds is 7. The summed E-state index contributed by atoms with van der Waals surface area (Å²) in [6.07, 6.45) is 1.01. The summed E-state index contributed by atoms with van der Waals surface area (Å²) in [6, 6.07) is 0.659. The fraction of sp³-hybridized carbons (Fsp3) is 1.00. The Bertz CT molecular complexity index is 270. The van der Waals surface area contributed by atoms with Gasteiger partial charge in [0, 0.05) is 38.8 Å². The molecule has 0 aromatic rings. The third-order valence-corrected chi connectivity index (χ3v) is 4.43. The summed E-state index contributed by atoms with van der Waals surface area (Å²) in [5.41, 5.74) is 0. The smallest absolute Gasteiger partial charge is 0.0791 e. The zero-order valence-electron chi connectivity index (χ0n) is 13.1. The van der Waals surface area contributed by atoms with Crippen molar-refractivity contribution in [3.63, 3.8) is 0 Å². The van der Waals surface area contributed by atoms with E-state index in [1.54, 1.807) is 0 Å². The van der Waals surface area contributed by atoms with Crippen molar-refractivity contribution in [3.05, 3.63) is 0 Å². The predicted molar refractivity (Wildman–Crippen MR) is 81.0 cm³/mol. The summed E-state index contributed by atoms with van der Waals surface area (Å²) in [5, 5.41) is 13.5. The van der Waals surface area contributed by atoms with E-state index in [9.17, 15) is 5.11 Å². The first-order valence-electron chi connectivity index (χ1n) is 8.08. The summed E-state index contributed by atoms with van der Waals surface area (Å²) >= 11 is 0. The Morgan fingerprint density at radius 3 is 2.65 bits per heavy atom. The Labute approximate surface area is 123 Å². The summed E-state index contributed by atoms with van der Waals surface area (Å²) in [4.78, 5) is 4.82. The highest BCUT2D eigenvalue weighted by molar-refractivity contribution is 4.79. The molecule has 2 atom stereocenters. The van der Waals surface area contributed by atoms with E-state index in [0.717, 1.165) is 45.3 Å². The fourth-order valence-corrected chi connectivity index (χ4v) is 3.10. The number of nitrogens with one attached hydrogen (secondary N) is 1. The van der Waals surface area contributed by atoms with E-state index in [1.165, 1.54) is 19.5 Å². The Hall–Kier alpha value is -0.200. The molecule has 2 aliphatic heterocycles. The number of hydrogen-bond donors (Lipinski definition) is 2. The first-order chi connectivity index (χ1) is 9.65. The lowest BCUT2D eigenvalue weighted by Crippen LogP contribution is -2.44. The van der Waals surface area contributed by atoms with Crippen LogP contribution in [0.5, 0.6) is 0 Å². The standard InChI is InChI=1S/C15H31N3O2/c1-13(2)18-4-3-14(11-18)9-16-10-15(19)12-17-5-7-20-8-6-17/h13-16,19H,3-12H2,1-2H3.